The summed E-state index contributed by atoms with van der Waals surface area (Å²) in [5.74, 6) is 2.13. The van der Waals surface area contributed by atoms with Crippen molar-refractivity contribution in [3.63, 3.8) is 0 Å². The number of allylic oxidation sites excluding steroid dienone is 4. The molecule has 0 bridgehead atoms. The zero-order chi connectivity index (χ0) is 21.5. The van der Waals surface area contributed by atoms with E-state index in [-0.39, 0.29) is 11.4 Å². The fourth-order valence-electron chi connectivity index (χ4n) is 6.53. The molecule has 4 atom stereocenters. The number of benzene rings is 1. The largest absolute Gasteiger partial charge is 0.506 e. The van der Waals surface area contributed by atoms with Gasteiger partial charge in [0.15, 0.2) is 0 Å². The number of nitrogens with one attached hydrogen (secondary N) is 1. The van der Waals surface area contributed by atoms with Gasteiger partial charge >= 0.3 is 0 Å². The summed E-state index contributed by atoms with van der Waals surface area (Å²) in [6.45, 7) is 12.0. The molecule has 3 heteroatoms. The van der Waals surface area contributed by atoms with Crippen LogP contribution in [0.5, 0.6) is 5.75 Å². The predicted octanol–water partition coefficient (Wildman–Crippen LogP) is 6.97. The summed E-state index contributed by atoms with van der Waals surface area (Å²) in [5.41, 5.74) is 5.27. The van der Waals surface area contributed by atoms with Crippen LogP contribution in [-0.4, -0.2) is 17.4 Å². The summed E-state index contributed by atoms with van der Waals surface area (Å²) in [7, 11) is 0. The van der Waals surface area contributed by atoms with Gasteiger partial charge in [0.1, 0.15) is 12.5 Å². The van der Waals surface area contributed by atoms with Crippen LogP contribution in [0.3, 0.4) is 0 Å². The first-order chi connectivity index (χ1) is 14.2. The molecule has 0 radical (unpaired) electrons. The molecular formula is C27H39NO2. The number of rotatable bonds is 5. The van der Waals surface area contributed by atoms with E-state index in [4.69, 9.17) is 4.74 Å². The third-order valence-electron chi connectivity index (χ3n) is 8.34. The van der Waals surface area contributed by atoms with Gasteiger partial charge in [-0.05, 0) is 92.4 Å². The van der Waals surface area contributed by atoms with Crippen LogP contribution in [0.25, 0.3) is 0 Å². The molecule has 0 amide bonds. The van der Waals surface area contributed by atoms with Gasteiger partial charge in [0.2, 0.25) is 0 Å². The Morgan fingerprint density at radius 2 is 2.03 bits per heavy atom. The van der Waals surface area contributed by atoms with Gasteiger partial charge in [0.05, 0.1) is 11.3 Å². The first-order valence-electron chi connectivity index (χ1n) is 11.8. The number of hydrogen-bond donors (Lipinski definition) is 2. The highest BCUT2D eigenvalue weighted by atomic mass is 16.5. The maximum absolute atomic E-state index is 10.1. The SMILES string of the molecule is Cc1ccc(O)c(NCOC2(C)CCCC3(C)C4CCC(C(C)C)=CC4=CCC23)c1. The Bertz CT molecular complexity index is 854. The molecule has 1 aromatic rings. The second kappa shape index (κ2) is 8.07. The van der Waals surface area contributed by atoms with Crippen molar-refractivity contribution in [3.8, 4) is 5.75 Å². The Morgan fingerprint density at radius 1 is 1.23 bits per heavy atom. The number of hydrogen-bond acceptors (Lipinski definition) is 3. The van der Waals surface area contributed by atoms with Crippen LogP contribution >= 0.6 is 0 Å². The smallest absolute Gasteiger partial charge is 0.138 e. The van der Waals surface area contributed by atoms with Crippen molar-refractivity contribution in [1.82, 2.24) is 0 Å². The topological polar surface area (TPSA) is 41.5 Å². The Morgan fingerprint density at radius 3 is 2.80 bits per heavy atom. The lowest BCUT2D eigenvalue weighted by atomic mass is 9.50. The summed E-state index contributed by atoms with van der Waals surface area (Å²) >= 11 is 0. The Balaban J connectivity index is 1.51. The van der Waals surface area contributed by atoms with Crippen molar-refractivity contribution < 1.29 is 9.84 Å². The van der Waals surface area contributed by atoms with Crippen LogP contribution in [0.4, 0.5) is 5.69 Å². The van der Waals surface area contributed by atoms with Gasteiger partial charge in [-0.3, -0.25) is 0 Å². The molecule has 30 heavy (non-hydrogen) atoms. The van der Waals surface area contributed by atoms with Crippen molar-refractivity contribution in [3.05, 3.63) is 47.1 Å². The summed E-state index contributed by atoms with van der Waals surface area (Å²) in [5, 5.41) is 13.4. The number of phenols is 1. The fourth-order valence-corrected chi connectivity index (χ4v) is 6.53. The predicted molar refractivity (Wildman–Crippen MR) is 125 cm³/mol. The maximum atomic E-state index is 10.1. The highest BCUT2D eigenvalue weighted by Gasteiger charge is 2.54. The standard InChI is InChI=1S/C27H39NO2/c1-18(2)20-8-10-22-21(16-20)9-12-25-26(22,4)13-6-14-27(25,5)30-17-28-23-15-19(3)7-11-24(23)29/h7,9,11,15-16,18,22,25,28-29H,6,8,10,12-14,17H2,1-5H3. The zero-order valence-corrected chi connectivity index (χ0v) is 19.4. The van der Waals surface area contributed by atoms with Crippen molar-refractivity contribution in [1.29, 1.82) is 0 Å². The second-order valence-electron chi connectivity index (χ2n) is 10.6. The van der Waals surface area contributed by atoms with Gasteiger partial charge in [-0.1, -0.05) is 51.0 Å². The lowest BCUT2D eigenvalue weighted by Gasteiger charge is -2.58. The Hall–Kier alpha value is -1.74. The molecule has 0 aliphatic heterocycles. The van der Waals surface area contributed by atoms with E-state index in [9.17, 15) is 5.11 Å². The normalized spacial score (nSPS) is 33.4. The van der Waals surface area contributed by atoms with Crippen molar-refractivity contribution in [2.24, 2.45) is 23.2 Å². The van der Waals surface area contributed by atoms with Gasteiger partial charge < -0.3 is 15.2 Å². The monoisotopic (exact) mass is 409 g/mol. The molecule has 3 nitrogen and oxygen atoms in total. The minimum absolute atomic E-state index is 0.135. The van der Waals surface area contributed by atoms with Crippen molar-refractivity contribution in [2.75, 3.05) is 12.0 Å². The molecule has 0 aromatic heterocycles. The third kappa shape index (κ3) is 3.82. The minimum atomic E-state index is -0.135. The number of ether oxygens (including phenoxy) is 1. The molecule has 3 aliphatic rings. The Labute approximate surface area is 182 Å². The quantitative estimate of drug-likeness (QED) is 0.407. The molecule has 164 valence electrons. The minimum Gasteiger partial charge on any atom is -0.506 e. The molecule has 1 fully saturated rings. The van der Waals surface area contributed by atoms with E-state index >= 15 is 0 Å². The first kappa shape index (κ1) is 21.5. The molecule has 2 N–H and O–H groups in total. The van der Waals surface area contributed by atoms with Gasteiger partial charge in [0.25, 0.3) is 0 Å². The van der Waals surface area contributed by atoms with E-state index in [1.807, 2.05) is 19.1 Å². The molecule has 0 saturated heterocycles. The summed E-state index contributed by atoms with van der Waals surface area (Å²) in [6, 6.07) is 5.64. The van der Waals surface area contributed by atoms with Gasteiger partial charge in [-0.2, -0.15) is 0 Å². The summed E-state index contributed by atoms with van der Waals surface area (Å²) in [4.78, 5) is 0. The van der Waals surface area contributed by atoms with E-state index in [0.29, 0.717) is 29.9 Å². The van der Waals surface area contributed by atoms with Crippen LogP contribution in [-0.2, 0) is 4.74 Å². The van der Waals surface area contributed by atoms with E-state index in [1.165, 1.54) is 25.7 Å². The number of aromatic hydroxyl groups is 1. The molecule has 4 rings (SSSR count). The fraction of sp³-hybridized carbons (Fsp3) is 0.630. The van der Waals surface area contributed by atoms with Crippen LogP contribution in [0.1, 0.15) is 71.8 Å². The van der Waals surface area contributed by atoms with Gasteiger partial charge in [-0.25, -0.2) is 0 Å². The maximum Gasteiger partial charge on any atom is 0.138 e. The highest BCUT2D eigenvalue weighted by molar-refractivity contribution is 5.56. The summed E-state index contributed by atoms with van der Waals surface area (Å²) < 4.78 is 6.58. The molecule has 1 saturated carbocycles. The van der Waals surface area contributed by atoms with E-state index in [2.05, 4.69) is 45.2 Å². The Kier molecular flexibility index (Phi) is 5.78. The molecule has 1 aromatic carbocycles. The molecular weight excluding hydrogens is 370 g/mol. The van der Waals surface area contributed by atoms with Gasteiger partial charge in [-0.15, -0.1) is 0 Å². The van der Waals surface area contributed by atoms with E-state index < -0.39 is 0 Å². The van der Waals surface area contributed by atoms with Crippen LogP contribution in [0.2, 0.25) is 0 Å². The summed E-state index contributed by atoms with van der Waals surface area (Å²) in [6.07, 6.45) is 12.3. The lowest BCUT2D eigenvalue weighted by molar-refractivity contribution is -0.149. The van der Waals surface area contributed by atoms with E-state index in [1.54, 1.807) is 17.2 Å². The average molecular weight is 410 g/mol. The molecule has 3 aliphatic carbocycles. The number of fused-ring (bicyclic) bond motifs is 3. The van der Waals surface area contributed by atoms with Crippen LogP contribution < -0.4 is 5.32 Å². The van der Waals surface area contributed by atoms with Crippen molar-refractivity contribution >= 4 is 5.69 Å². The van der Waals surface area contributed by atoms with E-state index in [0.717, 1.165) is 24.1 Å². The third-order valence-corrected chi connectivity index (χ3v) is 8.34. The lowest BCUT2D eigenvalue weighted by Crippen LogP contribution is -2.55. The zero-order valence-electron chi connectivity index (χ0n) is 19.4. The molecule has 0 spiro atoms. The molecule has 4 unspecified atom stereocenters. The number of phenolic OH excluding ortho intramolecular Hbond substituents is 1. The highest BCUT2D eigenvalue weighted by Crippen LogP contribution is 2.60. The first-order valence-corrected chi connectivity index (χ1v) is 11.8. The van der Waals surface area contributed by atoms with Crippen LogP contribution in [0, 0.1) is 30.1 Å². The second-order valence-corrected chi connectivity index (χ2v) is 10.6. The average Bonchev–Trinajstić information content (AvgIpc) is 2.70. The number of aryl methyl sites for hydroxylation is 1. The van der Waals surface area contributed by atoms with Gasteiger partial charge in [0, 0.05) is 0 Å². The van der Waals surface area contributed by atoms with Crippen LogP contribution in [0.15, 0.2) is 41.5 Å². The molecule has 0 heterocycles. The number of anilines is 1. The van der Waals surface area contributed by atoms with Crippen molar-refractivity contribution in [2.45, 2.75) is 78.7 Å².